The molecule has 78 valence electrons. The number of rotatable bonds is 4. The average molecular weight is 218 g/mol. The molecule has 0 saturated heterocycles. The highest BCUT2D eigenvalue weighted by Crippen LogP contribution is 2.43. The molecule has 0 spiro atoms. The van der Waals surface area contributed by atoms with Crippen molar-refractivity contribution in [3.05, 3.63) is 29.8 Å². The van der Waals surface area contributed by atoms with Gasteiger partial charge in [0.2, 0.25) is 0 Å². The van der Waals surface area contributed by atoms with Crippen LogP contribution in [0.1, 0.15) is 31.7 Å². The third-order valence-electron chi connectivity index (χ3n) is 2.23. The molecule has 0 aliphatic carbocycles. The first-order chi connectivity index (χ1) is 6.65. The Morgan fingerprint density at radius 2 is 2.00 bits per heavy atom. The summed E-state index contributed by atoms with van der Waals surface area (Å²) in [6.07, 6.45) is 0.914. The van der Waals surface area contributed by atoms with Gasteiger partial charge in [-0.15, -0.1) is 8.39 Å². The van der Waals surface area contributed by atoms with Crippen molar-refractivity contribution < 1.29 is 12.9 Å². The van der Waals surface area contributed by atoms with Gasteiger partial charge in [0, 0.05) is 0 Å². The highest BCUT2D eigenvalue weighted by Gasteiger charge is 2.14. The minimum absolute atomic E-state index is 0.251. The van der Waals surface area contributed by atoms with E-state index in [1.165, 1.54) is 0 Å². The number of hydrogen-bond acceptors (Lipinski definition) is 1. The molecule has 4 heteroatoms. The zero-order valence-electron chi connectivity index (χ0n) is 8.21. The fourth-order valence-electron chi connectivity index (χ4n) is 1.27. The lowest BCUT2D eigenvalue weighted by molar-refractivity contribution is 0.497. The van der Waals surface area contributed by atoms with Crippen LogP contribution < -0.4 is 4.52 Å². The van der Waals surface area contributed by atoms with Gasteiger partial charge in [-0.2, -0.15) is 0 Å². The van der Waals surface area contributed by atoms with Crippen molar-refractivity contribution in [2.24, 2.45) is 0 Å². The second-order valence-corrected chi connectivity index (χ2v) is 3.73. The molecule has 1 nitrogen and oxygen atoms in total. The van der Waals surface area contributed by atoms with Gasteiger partial charge in [0.15, 0.2) is 0 Å². The SMILES string of the molecule is CCC(C)c1ccccc1OP(F)F. The summed E-state index contributed by atoms with van der Waals surface area (Å²) in [5.41, 5.74) is 0.859. The Balaban J connectivity index is 2.91. The van der Waals surface area contributed by atoms with E-state index >= 15 is 0 Å². The number of para-hydroxylation sites is 1. The Morgan fingerprint density at radius 3 is 2.57 bits per heavy atom. The number of halogens is 2. The molecule has 14 heavy (non-hydrogen) atoms. The summed E-state index contributed by atoms with van der Waals surface area (Å²) in [5, 5.41) is 0. The normalized spacial score (nSPS) is 12.9. The molecule has 1 aromatic rings. The topological polar surface area (TPSA) is 9.23 Å². The van der Waals surface area contributed by atoms with Crippen LogP contribution in [-0.2, 0) is 0 Å². The van der Waals surface area contributed by atoms with Crippen LogP contribution in [0.3, 0.4) is 0 Å². The fraction of sp³-hybridized carbons (Fsp3) is 0.400. The van der Waals surface area contributed by atoms with Crippen molar-refractivity contribution in [2.45, 2.75) is 26.2 Å². The summed E-state index contributed by atoms with van der Waals surface area (Å²) in [4.78, 5) is 0. The lowest BCUT2D eigenvalue weighted by Gasteiger charge is -2.13. The lowest BCUT2D eigenvalue weighted by atomic mass is 9.98. The first-order valence-corrected chi connectivity index (χ1v) is 5.57. The van der Waals surface area contributed by atoms with Crippen LogP contribution in [0.2, 0.25) is 0 Å². The molecule has 0 radical (unpaired) electrons. The minimum Gasteiger partial charge on any atom is -0.420 e. The quantitative estimate of drug-likeness (QED) is 0.663. The van der Waals surface area contributed by atoms with Crippen LogP contribution in [0.25, 0.3) is 0 Å². The molecule has 0 fully saturated rings. The van der Waals surface area contributed by atoms with E-state index in [1.807, 2.05) is 26.0 Å². The van der Waals surface area contributed by atoms with Gasteiger partial charge in [0.1, 0.15) is 5.75 Å². The summed E-state index contributed by atoms with van der Waals surface area (Å²) in [5.74, 6) is 0.569. The molecular weight excluding hydrogens is 205 g/mol. The monoisotopic (exact) mass is 218 g/mol. The Morgan fingerprint density at radius 1 is 1.36 bits per heavy atom. The fourth-order valence-corrected chi connectivity index (χ4v) is 1.58. The second kappa shape index (κ2) is 5.26. The van der Waals surface area contributed by atoms with E-state index < -0.39 is 8.77 Å². The summed E-state index contributed by atoms with van der Waals surface area (Å²) in [6.45, 7) is 4.02. The summed E-state index contributed by atoms with van der Waals surface area (Å²) >= 11 is 0. The van der Waals surface area contributed by atoms with Crippen molar-refractivity contribution >= 4 is 8.77 Å². The van der Waals surface area contributed by atoms with E-state index in [-0.39, 0.29) is 5.92 Å². The lowest BCUT2D eigenvalue weighted by Crippen LogP contribution is -1.94. The zero-order chi connectivity index (χ0) is 10.6. The van der Waals surface area contributed by atoms with Crippen LogP contribution in [-0.4, -0.2) is 0 Å². The molecule has 1 rings (SSSR count). The van der Waals surface area contributed by atoms with Gasteiger partial charge in [0.25, 0.3) is 0 Å². The molecule has 1 unspecified atom stereocenters. The zero-order valence-corrected chi connectivity index (χ0v) is 9.10. The summed E-state index contributed by atoms with van der Waals surface area (Å²) in [6, 6.07) is 6.98. The van der Waals surface area contributed by atoms with Crippen LogP contribution in [0, 0.1) is 0 Å². The first-order valence-electron chi connectivity index (χ1n) is 4.53. The predicted octanol–water partition coefficient (Wildman–Crippen LogP) is 4.74. The molecule has 0 aromatic heterocycles. The molecule has 0 heterocycles. The third kappa shape index (κ3) is 2.91. The smallest absolute Gasteiger partial charge is 0.420 e. The maximum atomic E-state index is 12.1. The van der Waals surface area contributed by atoms with Crippen LogP contribution in [0.15, 0.2) is 24.3 Å². The van der Waals surface area contributed by atoms with Gasteiger partial charge in [0.05, 0.1) is 0 Å². The first kappa shape index (κ1) is 11.4. The molecule has 0 saturated carbocycles. The van der Waals surface area contributed by atoms with Crippen molar-refractivity contribution in [3.8, 4) is 5.75 Å². The van der Waals surface area contributed by atoms with Gasteiger partial charge in [-0.1, -0.05) is 32.0 Å². The van der Waals surface area contributed by atoms with Gasteiger partial charge in [-0.3, -0.25) is 0 Å². The Kier molecular flexibility index (Phi) is 4.27. The van der Waals surface area contributed by atoms with Crippen molar-refractivity contribution in [1.82, 2.24) is 0 Å². The molecule has 0 amide bonds. The maximum absolute atomic E-state index is 12.1. The van der Waals surface area contributed by atoms with Crippen molar-refractivity contribution in [1.29, 1.82) is 0 Å². The van der Waals surface area contributed by atoms with Gasteiger partial charge in [-0.05, 0) is 24.0 Å². The van der Waals surface area contributed by atoms with E-state index in [9.17, 15) is 8.39 Å². The highest BCUT2D eigenvalue weighted by molar-refractivity contribution is 7.41. The maximum Gasteiger partial charge on any atom is 0.481 e. The average Bonchev–Trinajstić information content (AvgIpc) is 2.16. The van der Waals surface area contributed by atoms with Gasteiger partial charge < -0.3 is 4.52 Å². The number of hydrogen-bond donors (Lipinski definition) is 0. The second-order valence-electron chi connectivity index (χ2n) is 3.14. The van der Waals surface area contributed by atoms with E-state index in [0.717, 1.165) is 12.0 Å². The highest BCUT2D eigenvalue weighted by atomic mass is 31.2. The van der Waals surface area contributed by atoms with Crippen LogP contribution in [0.4, 0.5) is 8.39 Å². The summed E-state index contributed by atoms with van der Waals surface area (Å²) < 4.78 is 28.7. The van der Waals surface area contributed by atoms with E-state index in [1.54, 1.807) is 12.1 Å². The molecule has 1 atom stereocenters. The van der Waals surface area contributed by atoms with E-state index in [0.29, 0.717) is 5.75 Å². The predicted molar refractivity (Wildman–Crippen MR) is 54.9 cm³/mol. The number of benzene rings is 1. The third-order valence-corrected chi connectivity index (χ3v) is 2.56. The summed E-state index contributed by atoms with van der Waals surface area (Å²) in [7, 11) is -3.32. The minimum atomic E-state index is -3.32. The standard InChI is InChI=1S/C10H13F2OP/c1-3-8(2)9-6-4-5-7-10(9)13-14(11)12/h4-8H,3H2,1-2H3. The molecule has 0 N–H and O–H groups in total. The van der Waals surface area contributed by atoms with Crippen LogP contribution in [0.5, 0.6) is 5.75 Å². The molecular formula is C10H13F2OP. The van der Waals surface area contributed by atoms with E-state index in [4.69, 9.17) is 0 Å². The van der Waals surface area contributed by atoms with E-state index in [2.05, 4.69) is 4.52 Å². The molecule has 1 aromatic carbocycles. The molecule has 0 bridgehead atoms. The van der Waals surface area contributed by atoms with Crippen molar-refractivity contribution in [2.75, 3.05) is 0 Å². The van der Waals surface area contributed by atoms with Gasteiger partial charge >= 0.3 is 8.77 Å². The largest absolute Gasteiger partial charge is 0.481 e. The Hall–Kier alpha value is -0.690. The van der Waals surface area contributed by atoms with Crippen molar-refractivity contribution in [3.63, 3.8) is 0 Å². The Labute approximate surface area is 84.2 Å². The molecule has 0 aliphatic rings. The van der Waals surface area contributed by atoms with Gasteiger partial charge in [-0.25, -0.2) is 0 Å². The Bertz CT molecular complexity index is 291. The molecule has 0 aliphatic heterocycles. The van der Waals surface area contributed by atoms with Crippen LogP contribution >= 0.6 is 8.77 Å².